The molecule has 1 unspecified atom stereocenters. The molecule has 1 saturated carbocycles. The van der Waals surface area contributed by atoms with Crippen molar-refractivity contribution in [3.63, 3.8) is 0 Å². The summed E-state index contributed by atoms with van der Waals surface area (Å²) >= 11 is 0. The van der Waals surface area contributed by atoms with E-state index in [4.69, 9.17) is 5.73 Å². The Balaban J connectivity index is 1.92. The monoisotopic (exact) mass is 280 g/mol. The fourth-order valence-corrected chi connectivity index (χ4v) is 2.61. The Labute approximate surface area is 122 Å². The van der Waals surface area contributed by atoms with Crippen LogP contribution in [0.3, 0.4) is 0 Å². The predicted octanol–water partition coefficient (Wildman–Crippen LogP) is 1.80. The zero-order valence-electron chi connectivity index (χ0n) is 11.5. The standard InChI is InChI=1S/C16H16N4O/c17-8-14(20-15(21)16(18)6-3-7-16)13-10-19-9-11-4-1-2-5-12(11)13/h1-2,4-5,9-10,14H,3,6-7,18H2,(H,20,21). The van der Waals surface area contributed by atoms with Crippen LogP contribution in [0.2, 0.25) is 0 Å². The molecule has 0 saturated heterocycles. The van der Waals surface area contributed by atoms with Crippen molar-refractivity contribution in [1.82, 2.24) is 10.3 Å². The minimum absolute atomic E-state index is 0.256. The number of amides is 1. The van der Waals surface area contributed by atoms with E-state index < -0.39 is 11.6 Å². The molecule has 1 heterocycles. The number of hydrogen-bond donors (Lipinski definition) is 2. The highest BCUT2D eigenvalue weighted by atomic mass is 16.2. The maximum absolute atomic E-state index is 12.2. The molecule has 0 spiro atoms. The van der Waals surface area contributed by atoms with Gasteiger partial charge < -0.3 is 11.1 Å². The number of nitriles is 1. The number of carbonyl (C=O) groups excluding carboxylic acids is 1. The summed E-state index contributed by atoms with van der Waals surface area (Å²) in [5.41, 5.74) is 5.89. The van der Waals surface area contributed by atoms with Crippen molar-refractivity contribution in [2.75, 3.05) is 0 Å². The van der Waals surface area contributed by atoms with Gasteiger partial charge in [-0.25, -0.2) is 0 Å². The van der Waals surface area contributed by atoms with E-state index in [9.17, 15) is 10.1 Å². The van der Waals surface area contributed by atoms with Gasteiger partial charge in [0.1, 0.15) is 6.04 Å². The average Bonchev–Trinajstić information content (AvgIpc) is 2.49. The lowest BCUT2D eigenvalue weighted by Crippen LogP contribution is -2.58. The van der Waals surface area contributed by atoms with E-state index in [0.29, 0.717) is 18.4 Å². The van der Waals surface area contributed by atoms with Gasteiger partial charge in [-0.1, -0.05) is 24.3 Å². The van der Waals surface area contributed by atoms with Crippen molar-refractivity contribution in [3.8, 4) is 6.07 Å². The van der Waals surface area contributed by atoms with Crippen LogP contribution in [0.25, 0.3) is 10.8 Å². The molecule has 3 N–H and O–H groups in total. The number of hydrogen-bond acceptors (Lipinski definition) is 4. The molecule has 5 heteroatoms. The predicted molar refractivity (Wildman–Crippen MR) is 79.0 cm³/mol. The van der Waals surface area contributed by atoms with Crippen LogP contribution in [0.1, 0.15) is 30.9 Å². The van der Waals surface area contributed by atoms with Gasteiger partial charge in [-0.2, -0.15) is 5.26 Å². The third-order valence-corrected chi connectivity index (χ3v) is 4.11. The van der Waals surface area contributed by atoms with Gasteiger partial charge in [-0.3, -0.25) is 9.78 Å². The second-order valence-electron chi connectivity index (χ2n) is 5.50. The molecular formula is C16H16N4O. The molecule has 2 aromatic rings. The number of nitrogens with one attached hydrogen (secondary N) is 1. The van der Waals surface area contributed by atoms with Crippen molar-refractivity contribution in [2.24, 2.45) is 5.73 Å². The Kier molecular flexibility index (Phi) is 3.32. The Morgan fingerprint density at radius 1 is 1.38 bits per heavy atom. The van der Waals surface area contributed by atoms with E-state index in [2.05, 4.69) is 16.4 Å². The highest BCUT2D eigenvalue weighted by Gasteiger charge is 2.41. The maximum atomic E-state index is 12.2. The van der Waals surface area contributed by atoms with E-state index in [1.165, 1.54) is 0 Å². The van der Waals surface area contributed by atoms with Crippen molar-refractivity contribution >= 4 is 16.7 Å². The molecule has 0 radical (unpaired) electrons. The Morgan fingerprint density at radius 3 is 2.81 bits per heavy atom. The first-order valence-corrected chi connectivity index (χ1v) is 6.96. The van der Waals surface area contributed by atoms with Gasteiger partial charge in [-0.15, -0.1) is 0 Å². The van der Waals surface area contributed by atoms with Crippen LogP contribution in [-0.4, -0.2) is 16.4 Å². The Bertz CT molecular complexity index is 725. The number of nitrogens with two attached hydrogens (primary N) is 1. The van der Waals surface area contributed by atoms with Gasteiger partial charge >= 0.3 is 0 Å². The van der Waals surface area contributed by atoms with Gasteiger partial charge in [0.2, 0.25) is 5.91 Å². The smallest absolute Gasteiger partial charge is 0.241 e. The van der Waals surface area contributed by atoms with Crippen LogP contribution in [0.5, 0.6) is 0 Å². The van der Waals surface area contributed by atoms with E-state index in [0.717, 1.165) is 17.2 Å². The zero-order valence-corrected chi connectivity index (χ0v) is 11.5. The van der Waals surface area contributed by atoms with Crippen LogP contribution < -0.4 is 11.1 Å². The molecule has 1 atom stereocenters. The SMILES string of the molecule is N#CC(NC(=O)C1(N)CCC1)c1cncc2ccccc12. The molecule has 1 amide bonds. The molecule has 1 aromatic heterocycles. The summed E-state index contributed by atoms with van der Waals surface area (Å²) in [6, 6.07) is 9.06. The first-order chi connectivity index (χ1) is 10.1. The molecule has 21 heavy (non-hydrogen) atoms. The van der Waals surface area contributed by atoms with Crippen LogP contribution in [0.15, 0.2) is 36.7 Å². The Hall–Kier alpha value is -2.45. The second-order valence-corrected chi connectivity index (χ2v) is 5.50. The maximum Gasteiger partial charge on any atom is 0.241 e. The molecule has 1 fully saturated rings. The van der Waals surface area contributed by atoms with Crippen LogP contribution >= 0.6 is 0 Å². The average molecular weight is 280 g/mol. The van der Waals surface area contributed by atoms with Crippen molar-refractivity contribution in [1.29, 1.82) is 5.26 Å². The number of fused-ring (bicyclic) bond motifs is 1. The largest absolute Gasteiger partial charge is 0.335 e. The number of nitrogens with zero attached hydrogens (tertiary/aromatic N) is 2. The molecule has 1 aliphatic carbocycles. The summed E-state index contributed by atoms with van der Waals surface area (Å²) in [6.45, 7) is 0. The lowest BCUT2D eigenvalue weighted by molar-refractivity contribution is -0.129. The molecule has 1 aliphatic rings. The number of carbonyl (C=O) groups is 1. The minimum Gasteiger partial charge on any atom is -0.335 e. The van der Waals surface area contributed by atoms with Crippen molar-refractivity contribution in [2.45, 2.75) is 30.8 Å². The summed E-state index contributed by atoms with van der Waals surface area (Å²) in [6.07, 6.45) is 5.67. The molecule has 5 nitrogen and oxygen atoms in total. The summed E-state index contributed by atoms with van der Waals surface area (Å²) in [4.78, 5) is 16.4. The van der Waals surface area contributed by atoms with E-state index in [1.807, 2.05) is 24.3 Å². The molecule has 1 aromatic carbocycles. The fraction of sp³-hybridized carbons (Fsp3) is 0.312. The first kappa shape index (κ1) is 13.5. The minimum atomic E-state index is -0.812. The zero-order chi connectivity index (χ0) is 14.9. The highest BCUT2D eigenvalue weighted by Crippen LogP contribution is 2.30. The molecule has 0 bridgehead atoms. The Morgan fingerprint density at radius 2 is 2.14 bits per heavy atom. The highest BCUT2D eigenvalue weighted by molar-refractivity contribution is 5.89. The molecule has 3 rings (SSSR count). The number of rotatable bonds is 3. The third kappa shape index (κ3) is 2.34. The summed E-state index contributed by atoms with van der Waals surface area (Å²) in [5.74, 6) is -0.256. The second kappa shape index (κ2) is 5.15. The van der Waals surface area contributed by atoms with Gasteiger partial charge in [-0.05, 0) is 24.6 Å². The lowest BCUT2D eigenvalue weighted by Gasteiger charge is -2.36. The molecule has 106 valence electrons. The van der Waals surface area contributed by atoms with Crippen LogP contribution in [-0.2, 0) is 4.79 Å². The summed E-state index contributed by atoms with van der Waals surface area (Å²) in [7, 11) is 0. The van der Waals surface area contributed by atoms with Crippen molar-refractivity contribution < 1.29 is 4.79 Å². The van der Waals surface area contributed by atoms with Gasteiger partial charge in [0.15, 0.2) is 0 Å². The number of aromatic nitrogens is 1. The lowest BCUT2D eigenvalue weighted by atomic mass is 9.77. The van der Waals surface area contributed by atoms with Crippen molar-refractivity contribution in [3.05, 3.63) is 42.2 Å². The first-order valence-electron chi connectivity index (χ1n) is 6.96. The topological polar surface area (TPSA) is 91.8 Å². The normalized spacial score (nSPS) is 17.5. The molecular weight excluding hydrogens is 264 g/mol. The van der Waals surface area contributed by atoms with Crippen LogP contribution in [0.4, 0.5) is 0 Å². The van der Waals surface area contributed by atoms with E-state index in [1.54, 1.807) is 12.4 Å². The van der Waals surface area contributed by atoms with Gasteiger partial charge in [0, 0.05) is 23.3 Å². The summed E-state index contributed by atoms with van der Waals surface area (Å²) < 4.78 is 0. The molecule has 0 aliphatic heterocycles. The van der Waals surface area contributed by atoms with E-state index in [-0.39, 0.29) is 5.91 Å². The van der Waals surface area contributed by atoms with E-state index >= 15 is 0 Å². The summed E-state index contributed by atoms with van der Waals surface area (Å²) in [5, 5.41) is 14.0. The fourth-order valence-electron chi connectivity index (χ4n) is 2.61. The van der Waals surface area contributed by atoms with Gasteiger partial charge in [0.05, 0.1) is 11.6 Å². The van der Waals surface area contributed by atoms with Gasteiger partial charge in [0.25, 0.3) is 0 Å². The number of benzene rings is 1. The quantitative estimate of drug-likeness (QED) is 0.896. The number of pyridine rings is 1. The van der Waals surface area contributed by atoms with Crippen LogP contribution in [0, 0.1) is 11.3 Å². The third-order valence-electron chi connectivity index (χ3n) is 4.11.